The first-order chi connectivity index (χ1) is 15.3. The third-order valence-corrected chi connectivity index (χ3v) is 4.94. The molecule has 0 spiro atoms. The average molecular weight is 473 g/mol. The lowest BCUT2D eigenvalue weighted by molar-refractivity contribution is -0.122. The quantitative estimate of drug-likeness (QED) is 0.433. The smallest absolute Gasteiger partial charge is 0.265 e. The van der Waals surface area contributed by atoms with E-state index in [1.165, 1.54) is 0 Å². The molecule has 0 aliphatic carbocycles. The number of nitrogens with one attached hydrogen (secondary N) is 2. The maximum absolute atomic E-state index is 12.6. The zero-order chi connectivity index (χ0) is 23.1. The van der Waals surface area contributed by atoms with E-state index in [4.69, 9.17) is 32.7 Å². The van der Waals surface area contributed by atoms with Gasteiger partial charge in [0, 0.05) is 10.0 Å². The fraction of sp³-hybridized carbons (Fsp3) is 0.167. The Morgan fingerprint density at radius 2 is 1.00 bits per heavy atom. The van der Waals surface area contributed by atoms with Crippen LogP contribution in [0.2, 0.25) is 10.0 Å². The fourth-order valence-corrected chi connectivity index (χ4v) is 2.96. The summed E-state index contributed by atoms with van der Waals surface area (Å²) in [6, 6.07) is 20.3. The first-order valence-corrected chi connectivity index (χ1v) is 10.6. The number of hydrogen-bond acceptors (Lipinski definition) is 4. The molecule has 2 N–H and O–H groups in total. The van der Waals surface area contributed by atoms with Gasteiger partial charge in [-0.15, -0.1) is 0 Å². The second kappa shape index (κ2) is 10.9. The predicted octanol–water partition coefficient (Wildman–Crippen LogP) is 5.81. The Balaban J connectivity index is 1.61. The van der Waals surface area contributed by atoms with Crippen molar-refractivity contribution in [3.8, 4) is 11.5 Å². The van der Waals surface area contributed by atoms with Gasteiger partial charge in [-0.2, -0.15) is 0 Å². The summed E-state index contributed by atoms with van der Waals surface area (Å²) >= 11 is 11.7. The van der Waals surface area contributed by atoms with Crippen LogP contribution in [0.4, 0.5) is 11.4 Å². The van der Waals surface area contributed by atoms with Crippen molar-refractivity contribution in [2.75, 3.05) is 10.6 Å². The molecule has 0 aromatic heterocycles. The van der Waals surface area contributed by atoms with Crippen LogP contribution < -0.4 is 20.1 Å². The summed E-state index contributed by atoms with van der Waals surface area (Å²) in [5.74, 6) is 0.304. The van der Waals surface area contributed by atoms with E-state index in [2.05, 4.69) is 10.6 Å². The van der Waals surface area contributed by atoms with Crippen molar-refractivity contribution in [2.24, 2.45) is 0 Å². The molecule has 2 unspecified atom stereocenters. The first kappa shape index (κ1) is 23.4. The summed E-state index contributed by atoms with van der Waals surface area (Å²) in [6.07, 6.45) is -1.54. The molecule has 0 bridgehead atoms. The number of para-hydroxylation sites is 2. The van der Waals surface area contributed by atoms with Gasteiger partial charge in [0.05, 0.1) is 11.4 Å². The number of hydrogen-bond donors (Lipinski definition) is 2. The van der Waals surface area contributed by atoms with E-state index in [1.54, 1.807) is 86.6 Å². The van der Waals surface area contributed by atoms with E-state index in [9.17, 15) is 9.59 Å². The summed E-state index contributed by atoms with van der Waals surface area (Å²) < 4.78 is 11.3. The second-order valence-corrected chi connectivity index (χ2v) is 7.82. The van der Waals surface area contributed by atoms with Gasteiger partial charge in [-0.05, 0) is 74.5 Å². The average Bonchev–Trinajstić information content (AvgIpc) is 2.78. The Morgan fingerprint density at radius 3 is 1.34 bits per heavy atom. The summed E-state index contributed by atoms with van der Waals surface area (Å²) in [5, 5.41) is 6.72. The molecule has 0 aliphatic heterocycles. The summed E-state index contributed by atoms with van der Waals surface area (Å²) in [5.41, 5.74) is 0.882. The third kappa shape index (κ3) is 6.64. The van der Waals surface area contributed by atoms with E-state index in [-0.39, 0.29) is 11.8 Å². The van der Waals surface area contributed by atoms with Gasteiger partial charge in [-0.25, -0.2) is 0 Å². The number of rotatable bonds is 8. The first-order valence-electron chi connectivity index (χ1n) is 9.87. The minimum atomic E-state index is -0.771. The molecule has 3 aromatic rings. The monoisotopic (exact) mass is 472 g/mol. The van der Waals surface area contributed by atoms with Gasteiger partial charge in [0.25, 0.3) is 11.8 Å². The van der Waals surface area contributed by atoms with Crippen LogP contribution in [0.5, 0.6) is 11.5 Å². The molecule has 2 atom stereocenters. The van der Waals surface area contributed by atoms with Crippen LogP contribution in [-0.4, -0.2) is 24.0 Å². The molecule has 0 saturated heterocycles. The van der Waals surface area contributed by atoms with Gasteiger partial charge < -0.3 is 20.1 Å². The highest BCUT2D eigenvalue weighted by Crippen LogP contribution is 2.23. The van der Waals surface area contributed by atoms with Crippen molar-refractivity contribution < 1.29 is 19.1 Å². The Hall–Kier alpha value is -3.22. The molecule has 3 rings (SSSR count). The lowest BCUT2D eigenvalue weighted by Crippen LogP contribution is -2.32. The van der Waals surface area contributed by atoms with Crippen LogP contribution in [0.1, 0.15) is 13.8 Å². The van der Waals surface area contributed by atoms with Gasteiger partial charge in [0.1, 0.15) is 11.5 Å². The molecule has 0 radical (unpaired) electrons. The molecule has 0 saturated carbocycles. The summed E-state index contributed by atoms with van der Waals surface area (Å²) in [6.45, 7) is 3.26. The van der Waals surface area contributed by atoms with Crippen molar-refractivity contribution in [2.45, 2.75) is 26.1 Å². The minimum Gasteiger partial charge on any atom is -0.481 e. The number of halogens is 2. The number of ether oxygens (including phenoxy) is 2. The third-order valence-electron chi connectivity index (χ3n) is 4.43. The van der Waals surface area contributed by atoms with Crippen LogP contribution in [0, 0.1) is 0 Å². The molecule has 0 fully saturated rings. The number of carbonyl (C=O) groups excluding carboxylic acids is 2. The summed E-state index contributed by atoms with van der Waals surface area (Å²) in [4.78, 5) is 25.2. The lowest BCUT2D eigenvalue weighted by Gasteiger charge is -2.18. The van der Waals surface area contributed by atoms with E-state index in [0.717, 1.165) is 0 Å². The molecule has 2 amide bonds. The van der Waals surface area contributed by atoms with Crippen molar-refractivity contribution in [1.29, 1.82) is 0 Å². The highest BCUT2D eigenvalue weighted by molar-refractivity contribution is 6.30. The summed E-state index contributed by atoms with van der Waals surface area (Å²) in [7, 11) is 0. The Labute approximate surface area is 196 Å². The van der Waals surface area contributed by atoms with Gasteiger partial charge in [0.2, 0.25) is 0 Å². The minimum absolute atomic E-state index is 0.368. The van der Waals surface area contributed by atoms with E-state index < -0.39 is 12.2 Å². The van der Waals surface area contributed by atoms with Crippen molar-refractivity contribution in [3.63, 3.8) is 0 Å². The van der Waals surface area contributed by atoms with E-state index >= 15 is 0 Å². The molecular formula is C24H22Cl2N2O4. The van der Waals surface area contributed by atoms with Crippen LogP contribution in [-0.2, 0) is 9.59 Å². The van der Waals surface area contributed by atoms with E-state index in [0.29, 0.717) is 32.9 Å². The second-order valence-electron chi connectivity index (χ2n) is 6.95. The molecule has 32 heavy (non-hydrogen) atoms. The fourth-order valence-electron chi connectivity index (χ4n) is 2.71. The SMILES string of the molecule is CC(Oc1ccc(Cl)cc1)C(=O)Nc1ccccc1NC(=O)C(C)Oc1ccc(Cl)cc1. The molecule has 8 heteroatoms. The van der Waals surface area contributed by atoms with Crippen LogP contribution in [0.15, 0.2) is 72.8 Å². The Bertz CT molecular complexity index is 986. The Kier molecular flexibility index (Phi) is 7.98. The number of amides is 2. The highest BCUT2D eigenvalue weighted by atomic mass is 35.5. The zero-order valence-electron chi connectivity index (χ0n) is 17.5. The maximum atomic E-state index is 12.6. The van der Waals surface area contributed by atoms with Gasteiger partial charge >= 0.3 is 0 Å². The van der Waals surface area contributed by atoms with Crippen molar-refractivity contribution in [3.05, 3.63) is 82.8 Å². The normalized spacial score (nSPS) is 12.4. The molecule has 6 nitrogen and oxygen atoms in total. The van der Waals surface area contributed by atoms with Crippen LogP contribution in [0.3, 0.4) is 0 Å². The van der Waals surface area contributed by atoms with Gasteiger partial charge in [-0.3, -0.25) is 9.59 Å². The molecule has 0 heterocycles. The van der Waals surface area contributed by atoms with Crippen molar-refractivity contribution in [1.82, 2.24) is 0 Å². The number of benzene rings is 3. The number of carbonyl (C=O) groups is 2. The van der Waals surface area contributed by atoms with Gasteiger partial charge in [0.15, 0.2) is 12.2 Å². The molecular weight excluding hydrogens is 451 g/mol. The highest BCUT2D eigenvalue weighted by Gasteiger charge is 2.19. The van der Waals surface area contributed by atoms with E-state index in [1.807, 2.05) is 0 Å². The topological polar surface area (TPSA) is 76.7 Å². The largest absolute Gasteiger partial charge is 0.481 e. The predicted molar refractivity (Wildman–Crippen MR) is 127 cm³/mol. The zero-order valence-corrected chi connectivity index (χ0v) is 19.0. The standard InChI is InChI=1S/C24H22Cl2N2O4/c1-15(31-19-11-7-17(25)8-12-19)23(29)27-21-5-3-4-6-22(21)28-24(30)16(2)32-20-13-9-18(26)10-14-20/h3-16H,1-2H3,(H,27,29)(H,28,30). The Morgan fingerprint density at radius 1 is 0.656 bits per heavy atom. The molecule has 3 aromatic carbocycles. The molecule has 0 aliphatic rings. The lowest BCUT2D eigenvalue weighted by atomic mass is 10.2. The van der Waals surface area contributed by atoms with Crippen LogP contribution >= 0.6 is 23.2 Å². The van der Waals surface area contributed by atoms with Crippen LogP contribution in [0.25, 0.3) is 0 Å². The maximum Gasteiger partial charge on any atom is 0.265 e. The molecule has 166 valence electrons. The van der Waals surface area contributed by atoms with Crippen molar-refractivity contribution >= 4 is 46.4 Å². The van der Waals surface area contributed by atoms with Gasteiger partial charge in [-0.1, -0.05) is 35.3 Å². The number of anilines is 2.